The minimum absolute atomic E-state index is 0.114. The second-order valence-electron chi connectivity index (χ2n) is 9.70. The number of benzene rings is 1. The number of fused-ring (bicyclic) bond motifs is 1. The second-order valence-corrected chi connectivity index (χ2v) is 9.70. The number of hydrogen-bond donors (Lipinski definition) is 0. The molecule has 7 heteroatoms. The molecule has 1 amide bonds. The summed E-state index contributed by atoms with van der Waals surface area (Å²) in [6.45, 7) is 18.0. The number of rotatable bonds is 11. The molecule has 1 aromatic heterocycles. The summed E-state index contributed by atoms with van der Waals surface area (Å²) in [4.78, 5) is 25.6. The Balaban J connectivity index is 1.48. The molecule has 0 unspecified atom stereocenters. The van der Waals surface area contributed by atoms with Crippen LogP contribution >= 0.6 is 0 Å². The van der Waals surface area contributed by atoms with Gasteiger partial charge >= 0.3 is 0 Å². The number of amides is 1. The lowest BCUT2D eigenvalue weighted by Crippen LogP contribution is -2.50. The SMILES string of the molecule is CON(C)C(=O)c1cn(CCCN2CCN(CCN(C(C)C)C(C)C)CC2)c2ccccc12. The molecule has 1 aliphatic rings. The summed E-state index contributed by atoms with van der Waals surface area (Å²) in [5.41, 5.74) is 1.80. The van der Waals surface area contributed by atoms with Crippen LogP contribution in [0.4, 0.5) is 0 Å². The van der Waals surface area contributed by atoms with E-state index in [4.69, 9.17) is 4.84 Å². The average Bonchev–Trinajstić information content (AvgIpc) is 3.17. The highest BCUT2D eigenvalue weighted by Gasteiger charge is 2.20. The van der Waals surface area contributed by atoms with Gasteiger partial charge in [-0.2, -0.15) is 0 Å². The summed E-state index contributed by atoms with van der Waals surface area (Å²) in [6, 6.07) is 9.32. The van der Waals surface area contributed by atoms with E-state index in [0.29, 0.717) is 17.6 Å². The van der Waals surface area contributed by atoms with Crippen LogP contribution in [0.5, 0.6) is 0 Å². The number of hydroxylamine groups is 2. The van der Waals surface area contributed by atoms with Gasteiger partial charge in [0.15, 0.2) is 0 Å². The van der Waals surface area contributed by atoms with Crippen molar-refractivity contribution in [3.05, 3.63) is 36.0 Å². The zero-order valence-electron chi connectivity index (χ0n) is 21.5. The molecule has 0 radical (unpaired) electrons. The Bertz CT molecular complexity index is 878. The van der Waals surface area contributed by atoms with E-state index in [1.165, 1.54) is 12.2 Å². The third-order valence-corrected chi connectivity index (χ3v) is 6.92. The maximum atomic E-state index is 12.7. The van der Waals surface area contributed by atoms with E-state index in [-0.39, 0.29) is 5.91 Å². The second kappa shape index (κ2) is 12.0. The lowest BCUT2D eigenvalue weighted by Gasteiger charge is -2.37. The summed E-state index contributed by atoms with van der Waals surface area (Å²) >= 11 is 0. The standard InChI is InChI=1S/C26H43N5O2/c1-21(2)31(22(3)4)19-18-29-16-14-28(15-17-29)12-9-13-30-20-24(26(32)27(5)33-6)23-10-7-8-11-25(23)30/h7-8,10-11,20-22H,9,12-19H2,1-6H3. The lowest BCUT2D eigenvalue weighted by atomic mass is 10.1. The van der Waals surface area contributed by atoms with Gasteiger partial charge in [-0.1, -0.05) is 18.2 Å². The van der Waals surface area contributed by atoms with Crippen LogP contribution in [0.2, 0.25) is 0 Å². The van der Waals surface area contributed by atoms with Crippen molar-refractivity contribution in [1.29, 1.82) is 0 Å². The highest BCUT2D eigenvalue weighted by Crippen LogP contribution is 2.23. The molecule has 0 spiro atoms. The molecule has 1 fully saturated rings. The van der Waals surface area contributed by atoms with Gasteiger partial charge in [0.1, 0.15) is 0 Å². The van der Waals surface area contributed by atoms with Gasteiger partial charge in [0, 0.05) is 82.0 Å². The molecule has 1 aliphatic heterocycles. The molecule has 3 rings (SSSR count). The van der Waals surface area contributed by atoms with Crippen molar-refractivity contribution in [1.82, 2.24) is 24.3 Å². The van der Waals surface area contributed by atoms with E-state index in [2.05, 4.69) is 53.0 Å². The molecule has 1 aromatic carbocycles. The van der Waals surface area contributed by atoms with Crippen molar-refractivity contribution in [3.8, 4) is 0 Å². The molecule has 33 heavy (non-hydrogen) atoms. The summed E-state index contributed by atoms with van der Waals surface area (Å²) in [7, 11) is 3.17. The predicted molar refractivity (Wildman–Crippen MR) is 136 cm³/mol. The summed E-state index contributed by atoms with van der Waals surface area (Å²) in [5, 5.41) is 2.27. The number of nitrogens with zero attached hydrogens (tertiary/aromatic N) is 5. The van der Waals surface area contributed by atoms with Crippen LogP contribution < -0.4 is 0 Å². The van der Waals surface area contributed by atoms with E-state index >= 15 is 0 Å². The minimum atomic E-state index is -0.114. The van der Waals surface area contributed by atoms with Gasteiger partial charge in [-0.25, -0.2) is 5.06 Å². The maximum Gasteiger partial charge on any atom is 0.279 e. The van der Waals surface area contributed by atoms with E-state index < -0.39 is 0 Å². The molecule has 7 nitrogen and oxygen atoms in total. The van der Waals surface area contributed by atoms with Gasteiger partial charge in [-0.15, -0.1) is 0 Å². The van der Waals surface area contributed by atoms with Crippen LogP contribution in [-0.2, 0) is 11.4 Å². The van der Waals surface area contributed by atoms with Gasteiger partial charge in [0.05, 0.1) is 12.7 Å². The van der Waals surface area contributed by atoms with E-state index in [1.807, 2.05) is 24.4 Å². The number of hydrogen-bond acceptors (Lipinski definition) is 5. The molecule has 0 bridgehead atoms. The monoisotopic (exact) mass is 457 g/mol. The van der Waals surface area contributed by atoms with Crippen molar-refractivity contribution in [2.75, 3.05) is 60.0 Å². The Morgan fingerprint density at radius 2 is 1.58 bits per heavy atom. The van der Waals surface area contributed by atoms with Gasteiger partial charge in [0.2, 0.25) is 0 Å². The molecule has 0 N–H and O–H groups in total. The van der Waals surface area contributed by atoms with Crippen LogP contribution in [-0.4, -0.2) is 102 Å². The minimum Gasteiger partial charge on any atom is -0.347 e. The predicted octanol–water partition coefficient (Wildman–Crippen LogP) is 3.40. The Hall–Kier alpha value is -1.93. The van der Waals surface area contributed by atoms with Crippen molar-refractivity contribution in [2.24, 2.45) is 0 Å². The van der Waals surface area contributed by atoms with E-state index in [0.717, 1.165) is 69.7 Å². The van der Waals surface area contributed by atoms with Gasteiger partial charge in [-0.05, 0) is 46.7 Å². The van der Waals surface area contributed by atoms with Gasteiger partial charge in [-0.3, -0.25) is 19.4 Å². The number of carbonyl (C=O) groups excluding carboxylic acids is 1. The van der Waals surface area contributed by atoms with Gasteiger partial charge in [0.25, 0.3) is 5.91 Å². The van der Waals surface area contributed by atoms with Crippen molar-refractivity contribution in [2.45, 2.75) is 52.7 Å². The van der Waals surface area contributed by atoms with Gasteiger partial charge < -0.3 is 9.47 Å². The zero-order valence-corrected chi connectivity index (χ0v) is 21.5. The van der Waals surface area contributed by atoms with Crippen LogP contribution in [0.15, 0.2) is 30.5 Å². The topological polar surface area (TPSA) is 44.2 Å². The fourth-order valence-corrected chi connectivity index (χ4v) is 4.93. The summed E-state index contributed by atoms with van der Waals surface area (Å²) < 4.78 is 2.22. The largest absolute Gasteiger partial charge is 0.347 e. The number of aromatic nitrogens is 1. The van der Waals surface area contributed by atoms with Crippen molar-refractivity contribution >= 4 is 16.8 Å². The number of para-hydroxylation sites is 1. The van der Waals surface area contributed by atoms with E-state index in [1.54, 1.807) is 7.05 Å². The molecule has 2 heterocycles. The molecule has 0 saturated carbocycles. The van der Waals surface area contributed by atoms with Crippen molar-refractivity contribution in [3.63, 3.8) is 0 Å². The molecule has 184 valence electrons. The van der Waals surface area contributed by atoms with Crippen molar-refractivity contribution < 1.29 is 9.63 Å². The first-order valence-corrected chi connectivity index (χ1v) is 12.4. The van der Waals surface area contributed by atoms with Crippen LogP contribution in [0.25, 0.3) is 10.9 Å². The third kappa shape index (κ3) is 6.57. The molecule has 0 atom stereocenters. The Morgan fingerprint density at radius 1 is 0.970 bits per heavy atom. The zero-order chi connectivity index (χ0) is 24.0. The lowest BCUT2D eigenvalue weighted by molar-refractivity contribution is -0.0755. The molecular weight excluding hydrogens is 414 g/mol. The first-order chi connectivity index (χ1) is 15.8. The maximum absolute atomic E-state index is 12.7. The summed E-state index contributed by atoms with van der Waals surface area (Å²) in [6.07, 6.45) is 3.05. The first-order valence-electron chi connectivity index (χ1n) is 12.4. The number of aryl methyl sites for hydroxylation is 1. The highest BCUT2D eigenvalue weighted by atomic mass is 16.7. The Kier molecular flexibility index (Phi) is 9.32. The quantitative estimate of drug-likeness (QED) is 0.484. The van der Waals surface area contributed by atoms with Crippen LogP contribution in [0, 0.1) is 0 Å². The summed E-state index contributed by atoms with van der Waals surface area (Å²) in [5.74, 6) is -0.114. The fourth-order valence-electron chi connectivity index (χ4n) is 4.93. The molecular formula is C26H43N5O2. The normalized spacial score (nSPS) is 15.9. The van der Waals surface area contributed by atoms with E-state index in [9.17, 15) is 4.79 Å². The first kappa shape index (κ1) is 25.7. The molecule has 2 aromatic rings. The molecule has 0 aliphatic carbocycles. The third-order valence-electron chi connectivity index (χ3n) is 6.92. The Labute approximate surface area is 199 Å². The fraction of sp³-hybridized carbons (Fsp3) is 0.654. The average molecular weight is 458 g/mol. The van der Waals surface area contributed by atoms with Crippen LogP contribution in [0.3, 0.4) is 0 Å². The molecule has 1 saturated heterocycles. The number of piperazine rings is 1. The van der Waals surface area contributed by atoms with Crippen LogP contribution in [0.1, 0.15) is 44.5 Å². The highest BCUT2D eigenvalue weighted by molar-refractivity contribution is 6.06. The Morgan fingerprint density at radius 3 is 2.18 bits per heavy atom. The number of carbonyl (C=O) groups is 1. The smallest absolute Gasteiger partial charge is 0.279 e.